The first-order chi connectivity index (χ1) is 23.2. The summed E-state index contributed by atoms with van der Waals surface area (Å²) in [5.74, 6) is -13.5. The molecule has 1 amide bonds. The maximum Gasteiger partial charge on any atom is 0.335 e. The van der Waals surface area contributed by atoms with Gasteiger partial charge >= 0.3 is 5.97 Å². The number of benzene rings is 4. The fourth-order valence-electron chi connectivity index (χ4n) is 5.01. The van der Waals surface area contributed by atoms with E-state index < -0.39 is 70.3 Å². The molecule has 0 heterocycles. The molecule has 0 aliphatic carbocycles. The van der Waals surface area contributed by atoms with Crippen molar-refractivity contribution in [2.24, 2.45) is 0 Å². The third-order valence-corrected chi connectivity index (χ3v) is 9.64. The zero-order valence-corrected chi connectivity index (χ0v) is 29.8. The van der Waals surface area contributed by atoms with Crippen molar-refractivity contribution in [3.63, 3.8) is 0 Å². The Morgan fingerprint density at radius 3 is 1.66 bits per heavy atom. The molecule has 0 spiro atoms. The van der Waals surface area contributed by atoms with E-state index in [1.807, 2.05) is 53.7 Å². The molecule has 6 nitrogen and oxygen atoms in total. The lowest BCUT2D eigenvalue weighted by molar-refractivity contribution is -0.119. The maximum absolute atomic E-state index is 14.9. The summed E-state index contributed by atoms with van der Waals surface area (Å²) in [6.45, 7) is 10.9. The van der Waals surface area contributed by atoms with Crippen molar-refractivity contribution in [3.8, 4) is 0 Å². The van der Waals surface area contributed by atoms with E-state index in [0.29, 0.717) is 16.1 Å². The van der Waals surface area contributed by atoms with Gasteiger partial charge in [-0.2, -0.15) is 8.78 Å². The summed E-state index contributed by atoms with van der Waals surface area (Å²) >= 11 is 2.91. The third kappa shape index (κ3) is 8.84. The second-order valence-electron chi connectivity index (χ2n) is 13.8. The number of rotatable bonds is 10. The van der Waals surface area contributed by atoms with Crippen molar-refractivity contribution in [3.05, 3.63) is 129 Å². The summed E-state index contributed by atoms with van der Waals surface area (Å²) in [6.07, 6.45) is 0. The Kier molecular flexibility index (Phi) is 11.7. The number of carbonyl (C=O) groups excluding carboxylic acids is 1. The monoisotopic (exact) mass is 734 g/mol. The van der Waals surface area contributed by atoms with Gasteiger partial charge in [0, 0.05) is 10.7 Å². The van der Waals surface area contributed by atoms with Gasteiger partial charge in [-0.15, -0.1) is 4.31 Å². The summed E-state index contributed by atoms with van der Waals surface area (Å²) in [5.41, 5.74) is 2.64. The summed E-state index contributed by atoms with van der Waals surface area (Å²) in [4.78, 5) is 25.6. The fraction of sp³-hybridized carbons (Fsp3) is 0.297. The van der Waals surface area contributed by atoms with Gasteiger partial charge in [0.2, 0.25) is 35.0 Å². The second-order valence-corrected chi connectivity index (χ2v) is 15.7. The molecule has 13 heteroatoms. The summed E-state index contributed by atoms with van der Waals surface area (Å²) in [5, 5.41) is 9.78. The van der Waals surface area contributed by atoms with Gasteiger partial charge in [0.05, 0.1) is 30.0 Å². The number of hydrogen-bond acceptors (Lipinski definition) is 4. The van der Waals surface area contributed by atoms with E-state index in [9.17, 15) is 41.2 Å². The Balaban J connectivity index is 1.84. The molecule has 4 rings (SSSR count). The van der Waals surface area contributed by atoms with Crippen LogP contribution in [-0.2, 0) is 40.1 Å². The predicted molar refractivity (Wildman–Crippen MR) is 183 cm³/mol. The van der Waals surface area contributed by atoms with Crippen molar-refractivity contribution >= 4 is 40.5 Å². The summed E-state index contributed by atoms with van der Waals surface area (Å²) in [6, 6.07) is 17.3. The van der Waals surface area contributed by atoms with Crippen LogP contribution in [0.3, 0.4) is 0 Å². The van der Waals surface area contributed by atoms with Crippen LogP contribution in [0.1, 0.15) is 74.2 Å². The van der Waals surface area contributed by atoms with E-state index >= 15 is 0 Å². The SMILES string of the molecule is CC(C)(C)c1cc(CN(C(=O)CN(Cc2ccc(Cl)cc2)[S+]([O-])c2c(F)c(F)c(F)c(F)c2F)c2ccc(C(=O)O)cc2)cc(C(C)(C)C)c1. The molecule has 1 N–H and O–H groups in total. The largest absolute Gasteiger partial charge is 0.593 e. The molecule has 0 bridgehead atoms. The molecule has 266 valence electrons. The predicted octanol–water partition coefficient (Wildman–Crippen LogP) is 9.09. The lowest BCUT2D eigenvalue weighted by Gasteiger charge is -2.30. The Morgan fingerprint density at radius 2 is 1.20 bits per heavy atom. The number of hydrogen-bond donors (Lipinski definition) is 1. The topological polar surface area (TPSA) is 83.9 Å². The number of amides is 1. The van der Waals surface area contributed by atoms with Gasteiger partial charge in [-0.05, 0) is 69.5 Å². The van der Waals surface area contributed by atoms with Gasteiger partial charge in [0.1, 0.15) is 6.54 Å². The van der Waals surface area contributed by atoms with E-state index in [1.165, 1.54) is 53.4 Å². The molecule has 0 aliphatic rings. The van der Waals surface area contributed by atoms with E-state index in [0.717, 1.165) is 15.4 Å². The molecule has 50 heavy (non-hydrogen) atoms. The molecule has 4 aromatic rings. The third-order valence-electron chi connectivity index (χ3n) is 7.95. The van der Waals surface area contributed by atoms with Crippen LogP contribution in [0, 0.1) is 29.1 Å². The Bertz CT molecular complexity index is 1830. The van der Waals surface area contributed by atoms with Crippen molar-refractivity contribution in [1.82, 2.24) is 4.31 Å². The average Bonchev–Trinajstić information content (AvgIpc) is 3.05. The van der Waals surface area contributed by atoms with Crippen molar-refractivity contribution < 1.29 is 41.2 Å². The van der Waals surface area contributed by atoms with Crippen LogP contribution in [0.5, 0.6) is 0 Å². The standard InChI is InChI=1S/C37H36ClF5N2O4S/c1-36(2,3)24-15-22(16-25(17-24)37(4,5)6)19-45(27-13-9-23(10-14-27)35(47)48)28(46)20-44(18-21-7-11-26(38)12-8-21)50(49)34-32(42)30(40)29(39)31(41)33(34)43/h7-17H,18-20H2,1-6H3,(H,47,48). The quantitative estimate of drug-likeness (QED) is 0.0761. The summed E-state index contributed by atoms with van der Waals surface area (Å²) < 4.78 is 86.8. The number of halogens is 6. The molecule has 0 saturated carbocycles. The zero-order chi connectivity index (χ0) is 37.3. The van der Waals surface area contributed by atoms with Gasteiger partial charge in [-0.1, -0.05) is 83.5 Å². The molecule has 0 fully saturated rings. The van der Waals surface area contributed by atoms with Crippen molar-refractivity contribution in [1.29, 1.82) is 0 Å². The molecule has 0 saturated heterocycles. The highest BCUT2D eigenvalue weighted by Crippen LogP contribution is 2.33. The lowest BCUT2D eigenvalue weighted by Crippen LogP contribution is -2.43. The first-order valence-electron chi connectivity index (χ1n) is 15.4. The van der Waals surface area contributed by atoms with E-state index in [2.05, 4.69) is 6.07 Å². The molecule has 0 radical (unpaired) electrons. The number of nitrogens with zero attached hydrogens (tertiary/aromatic N) is 2. The fourth-order valence-corrected chi connectivity index (χ4v) is 6.37. The zero-order valence-electron chi connectivity index (χ0n) is 28.2. The highest BCUT2D eigenvalue weighted by atomic mass is 35.5. The van der Waals surface area contributed by atoms with Crippen molar-refractivity contribution in [2.45, 2.75) is 70.4 Å². The number of carboxylic acid groups (broad SMARTS) is 1. The van der Waals surface area contributed by atoms with E-state index in [4.69, 9.17) is 11.6 Å². The Hall–Kier alpha value is -3.97. The van der Waals surface area contributed by atoms with Crippen LogP contribution in [0.2, 0.25) is 5.02 Å². The number of aromatic carboxylic acids is 1. The van der Waals surface area contributed by atoms with Gasteiger partial charge in [-0.3, -0.25) is 4.79 Å². The van der Waals surface area contributed by atoms with Crippen LogP contribution >= 0.6 is 11.6 Å². The first kappa shape index (κ1) is 38.8. The smallest absolute Gasteiger partial charge is 0.335 e. The maximum atomic E-state index is 14.9. The van der Waals surface area contributed by atoms with Crippen LogP contribution in [0.4, 0.5) is 27.6 Å². The number of carbonyl (C=O) groups is 2. The highest BCUT2D eigenvalue weighted by Gasteiger charge is 2.38. The molecule has 1 atom stereocenters. The van der Waals surface area contributed by atoms with Gasteiger partial charge in [0.25, 0.3) is 4.90 Å². The minimum absolute atomic E-state index is 0.0531. The van der Waals surface area contributed by atoms with Gasteiger partial charge in [0.15, 0.2) is 0 Å². The average molecular weight is 735 g/mol. The highest BCUT2D eigenvalue weighted by molar-refractivity contribution is 7.89. The van der Waals surface area contributed by atoms with E-state index in [-0.39, 0.29) is 28.6 Å². The van der Waals surface area contributed by atoms with Crippen LogP contribution in [-0.4, -0.2) is 32.4 Å². The van der Waals surface area contributed by atoms with Crippen LogP contribution < -0.4 is 4.90 Å². The molecular weight excluding hydrogens is 699 g/mol. The normalized spacial score (nSPS) is 12.7. The first-order valence-corrected chi connectivity index (χ1v) is 16.9. The summed E-state index contributed by atoms with van der Waals surface area (Å²) in [7, 11) is 0. The molecule has 0 aromatic heterocycles. The molecule has 0 aliphatic heterocycles. The number of carboxylic acids is 1. The van der Waals surface area contributed by atoms with Gasteiger partial charge in [-0.25, -0.2) is 18.0 Å². The molecular formula is C37H36ClF5N2O4S. The van der Waals surface area contributed by atoms with Crippen LogP contribution in [0.15, 0.2) is 71.6 Å². The molecule has 4 aromatic carbocycles. The van der Waals surface area contributed by atoms with Crippen LogP contribution in [0.25, 0.3) is 0 Å². The lowest BCUT2D eigenvalue weighted by atomic mass is 9.79. The minimum atomic E-state index is -3.08. The molecule has 1 unspecified atom stereocenters. The Labute approximate surface area is 295 Å². The number of anilines is 1. The minimum Gasteiger partial charge on any atom is -0.593 e. The Morgan fingerprint density at radius 1 is 0.720 bits per heavy atom. The van der Waals surface area contributed by atoms with Gasteiger partial charge < -0.3 is 14.6 Å². The van der Waals surface area contributed by atoms with E-state index in [1.54, 1.807) is 0 Å². The second kappa shape index (κ2) is 15.1. The van der Waals surface area contributed by atoms with Crippen molar-refractivity contribution in [2.75, 3.05) is 11.4 Å².